The quantitative estimate of drug-likeness (QED) is 0.660. The standard InChI is InChI=1S/C16H31N3O/c1-4-18-16(3,14-17)10-6-7-11-19-12-8-15(9-13-19)20-5-2/h15,18H,4-13H2,1-3H3. The molecule has 1 unspecified atom stereocenters. The summed E-state index contributed by atoms with van der Waals surface area (Å²) in [6.07, 6.45) is 6.05. The summed E-state index contributed by atoms with van der Waals surface area (Å²) in [6, 6.07) is 2.40. The van der Waals surface area contributed by atoms with Crippen LogP contribution in [0.4, 0.5) is 0 Å². The topological polar surface area (TPSA) is 48.3 Å². The lowest BCUT2D eigenvalue weighted by molar-refractivity contribution is 0.0139. The van der Waals surface area contributed by atoms with Crippen molar-refractivity contribution in [2.45, 2.75) is 64.5 Å². The fourth-order valence-electron chi connectivity index (χ4n) is 2.92. The minimum Gasteiger partial charge on any atom is -0.378 e. The van der Waals surface area contributed by atoms with Gasteiger partial charge in [-0.2, -0.15) is 5.26 Å². The summed E-state index contributed by atoms with van der Waals surface area (Å²) in [5.41, 5.74) is -0.350. The Morgan fingerprint density at radius 3 is 2.55 bits per heavy atom. The third kappa shape index (κ3) is 6.21. The summed E-state index contributed by atoms with van der Waals surface area (Å²) >= 11 is 0. The van der Waals surface area contributed by atoms with Gasteiger partial charge in [0.2, 0.25) is 0 Å². The third-order valence-electron chi connectivity index (χ3n) is 4.15. The molecular weight excluding hydrogens is 250 g/mol. The van der Waals surface area contributed by atoms with Gasteiger partial charge < -0.3 is 9.64 Å². The van der Waals surface area contributed by atoms with Crippen molar-refractivity contribution in [2.75, 3.05) is 32.8 Å². The molecule has 1 rings (SSSR count). The molecule has 1 fully saturated rings. The van der Waals surface area contributed by atoms with Gasteiger partial charge in [-0.05, 0) is 59.0 Å². The molecule has 1 aliphatic heterocycles. The number of hydrogen-bond acceptors (Lipinski definition) is 4. The molecule has 20 heavy (non-hydrogen) atoms. The van der Waals surface area contributed by atoms with Crippen molar-refractivity contribution in [3.63, 3.8) is 0 Å². The Kier molecular flexibility index (Phi) is 8.13. The molecule has 0 aromatic carbocycles. The summed E-state index contributed by atoms with van der Waals surface area (Å²) in [6.45, 7) is 11.3. The Morgan fingerprint density at radius 2 is 2.00 bits per heavy atom. The van der Waals surface area contributed by atoms with Crippen LogP contribution in [0, 0.1) is 11.3 Å². The molecular formula is C16H31N3O. The highest BCUT2D eigenvalue weighted by Gasteiger charge is 2.22. The van der Waals surface area contributed by atoms with Crippen molar-refractivity contribution in [2.24, 2.45) is 0 Å². The van der Waals surface area contributed by atoms with Crippen molar-refractivity contribution < 1.29 is 4.74 Å². The van der Waals surface area contributed by atoms with Crippen molar-refractivity contribution >= 4 is 0 Å². The van der Waals surface area contributed by atoms with E-state index < -0.39 is 0 Å². The summed E-state index contributed by atoms with van der Waals surface area (Å²) in [7, 11) is 0. The molecule has 1 saturated heterocycles. The first-order valence-corrected chi connectivity index (χ1v) is 8.13. The predicted octanol–water partition coefficient (Wildman–Crippen LogP) is 2.55. The van der Waals surface area contributed by atoms with Crippen molar-refractivity contribution in [1.82, 2.24) is 10.2 Å². The maximum atomic E-state index is 9.21. The van der Waals surface area contributed by atoms with Gasteiger partial charge >= 0.3 is 0 Å². The number of piperidine rings is 1. The van der Waals surface area contributed by atoms with Gasteiger partial charge in [0, 0.05) is 19.7 Å². The molecule has 1 aliphatic rings. The Labute approximate surface area is 124 Å². The van der Waals surface area contributed by atoms with E-state index in [4.69, 9.17) is 4.74 Å². The summed E-state index contributed by atoms with van der Waals surface area (Å²) in [5, 5.41) is 12.5. The third-order valence-corrected chi connectivity index (χ3v) is 4.15. The zero-order valence-corrected chi connectivity index (χ0v) is 13.5. The maximum Gasteiger partial charge on any atom is 0.103 e. The number of unbranched alkanes of at least 4 members (excludes halogenated alkanes) is 1. The second kappa shape index (κ2) is 9.33. The molecule has 0 saturated carbocycles. The lowest BCUT2D eigenvalue weighted by Gasteiger charge is -2.32. The predicted molar refractivity (Wildman–Crippen MR) is 82.6 cm³/mol. The van der Waals surface area contributed by atoms with Crippen LogP contribution in [0.5, 0.6) is 0 Å². The molecule has 0 bridgehead atoms. The van der Waals surface area contributed by atoms with Crippen LogP contribution in [0.3, 0.4) is 0 Å². The van der Waals surface area contributed by atoms with E-state index >= 15 is 0 Å². The van der Waals surface area contributed by atoms with Crippen LogP contribution in [0.2, 0.25) is 0 Å². The fraction of sp³-hybridized carbons (Fsp3) is 0.938. The van der Waals surface area contributed by atoms with E-state index in [0.29, 0.717) is 6.10 Å². The van der Waals surface area contributed by atoms with Crippen LogP contribution in [0.15, 0.2) is 0 Å². The van der Waals surface area contributed by atoms with E-state index in [-0.39, 0.29) is 5.54 Å². The number of likely N-dealkylation sites (tertiary alicyclic amines) is 1. The minimum absolute atomic E-state index is 0.350. The first-order valence-electron chi connectivity index (χ1n) is 8.13. The molecule has 0 spiro atoms. The Morgan fingerprint density at radius 1 is 1.30 bits per heavy atom. The first-order chi connectivity index (χ1) is 9.63. The molecule has 4 heteroatoms. The van der Waals surface area contributed by atoms with Gasteiger partial charge in [-0.15, -0.1) is 0 Å². The van der Waals surface area contributed by atoms with Crippen molar-refractivity contribution in [1.29, 1.82) is 5.26 Å². The average molecular weight is 281 g/mol. The molecule has 0 aromatic heterocycles. The van der Waals surface area contributed by atoms with Crippen LogP contribution in [-0.4, -0.2) is 49.3 Å². The van der Waals surface area contributed by atoms with Crippen LogP contribution in [0.25, 0.3) is 0 Å². The number of nitrogens with one attached hydrogen (secondary N) is 1. The molecule has 0 aromatic rings. The second-order valence-electron chi connectivity index (χ2n) is 5.93. The van der Waals surface area contributed by atoms with E-state index in [1.54, 1.807) is 0 Å². The lowest BCUT2D eigenvalue weighted by Crippen LogP contribution is -2.41. The zero-order chi connectivity index (χ0) is 14.8. The van der Waals surface area contributed by atoms with Gasteiger partial charge in [-0.3, -0.25) is 5.32 Å². The highest BCUT2D eigenvalue weighted by atomic mass is 16.5. The first kappa shape index (κ1) is 17.4. The second-order valence-corrected chi connectivity index (χ2v) is 5.93. The monoisotopic (exact) mass is 281 g/mol. The van der Waals surface area contributed by atoms with E-state index in [2.05, 4.69) is 30.1 Å². The summed E-state index contributed by atoms with van der Waals surface area (Å²) < 4.78 is 5.67. The SMILES string of the molecule is CCNC(C)(C#N)CCCCN1CCC(OCC)CC1. The molecule has 1 atom stereocenters. The average Bonchev–Trinajstić information content (AvgIpc) is 2.46. The van der Waals surface area contributed by atoms with Crippen molar-refractivity contribution in [3.8, 4) is 6.07 Å². The highest BCUT2D eigenvalue weighted by Crippen LogP contribution is 2.16. The molecule has 0 radical (unpaired) electrons. The number of rotatable bonds is 9. The van der Waals surface area contributed by atoms with Gasteiger partial charge in [0.1, 0.15) is 5.54 Å². The van der Waals surface area contributed by atoms with Crippen molar-refractivity contribution in [3.05, 3.63) is 0 Å². The van der Waals surface area contributed by atoms with Gasteiger partial charge in [-0.1, -0.05) is 6.92 Å². The van der Waals surface area contributed by atoms with E-state index in [9.17, 15) is 5.26 Å². The minimum atomic E-state index is -0.350. The Bertz CT molecular complexity index is 295. The fourth-order valence-corrected chi connectivity index (χ4v) is 2.92. The van der Waals surface area contributed by atoms with Crippen LogP contribution < -0.4 is 5.32 Å². The number of nitrogens with zero attached hydrogens (tertiary/aromatic N) is 2. The summed E-state index contributed by atoms with van der Waals surface area (Å²) in [5.74, 6) is 0. The van der Waals surface area contributed by atoms with Gasteiger partial charge in [0.25, 0.3) is 0 Å². The van der Waals surface area contributed by atoms with Gasteiger partial charge in [0.05, 0.1) is 12.2 Å². The summed E-state index contributed by atoms with van der Waals surface area (Å²) in [4.78, 5) is 2.53. The van der Waals surface area contributed by atoms with Gasteiger partial charge in [-0.25, -0.2) is 0 Å². The normalized spacial score (nSPS) is 20.5. The molecule has 1 N–H and O–H groups in total. The van der Waals surface area contributed by atoms with Crippen LogP contribution >= 0.6 is 0 Å². The molecule has 1 heterocycles. The number of nitriles is 1. The molecule has 0 aliphatic carbocycles. The van der Waals surface area contributed by atoms with E-state index in [1.165, 1.54) is 19.3 Å². The largest absolute Gasteiger partial charge is 0.378 e. The van der Waals surface area contributed by atoms with E-state index in [0.717, 1.165) is 45.6 Å². The highest BCUT2D eigenvalue weighted by molar-refractivity contribution is 5.03. The Balaban J connectivity index is 2.12. The molecule has 116 valence electrons. The Hall–Kier alpha value is -0.630. The maximum absolute atomic E-state index is 9.21. The molecule has 4 nitrogen and oxygen atoms in total. The number of ether oxygens (including phenoxy) is 1. The van der Waals surface area contributed by atoms with Crippen LogP contribution in [0.1, 0.15) is 52.9 Å². The van der Waals surface area contributed by atoms with E-state index in [1.807, 2.05) is 6.92 Å². The smallest absolute Gasteiger partial charge is 0.103 e. The van der Waals surface area contributed by atoms with Crippen LogP contribution in [-0.2, 0) is 4.74 Å². The molecule has 0 amide bonds. The number of hydrogen-bond donors (Lipinski definition) is 1. The van der Waals surface area contributed by atoms with Gasteiger partial charge in [0.15, 0.2) is 0 Å². The lowest BCUT2D eigenvalue weighted by atomic mass is 9.96. The zero-order valence-electron chi connectivity index (χ0n) is 13.5.